The van der Waals surface area contributed by atoms with E-state index in [9.17, 15) is 5.11 Å². The molecule has 1 aromatic carbocycles. The Morgan fingerprint density at radius 2 is 1.91 bits per heavy atom. The van der Waals surface area contributed by atoms with E-state index in [0.717, 1.165) is 19.5 Å². The first kappa shape index (κ1) is 17.2. The summed E-state index contributed by atoms with van der Waals surface area (Å²) in [7, 11) is -1.78. The van der Waals surface area contributed by atoms with Crippen molar-refractivity contribution in [3.05, 3.63) is 35.9 Å². The van der Waals surface area contributed by atoms with Crippen LogP contribution >= 0.6 is 0 Å². The molecule has 1 saturated heterocycles. The molecular weight excluding hydrogens is 302 g/mol. The summed E-state index contributed by atoms with van der Waals surface area (Å²) in [5.74, 6) is 0.444. The van der Waals surface area contributed by atoms with Crippen LogP contribution in [0.2, 0.25) is 18.1 Å². The summed E-state index contributed by atoms with van der Waals surface area (Å²) in [5, 5.41) is 11.1. The van der Waals surface area contributed by atoms with Gasteiger partial charge < -0.3 is 9.53 Å². The summed E-state index contributed by atoms with van der Waals surface area (Å²) in [4.78, 5) is 2.43. The van der Waals surface area contributed by atoms with Gasteiger partial charge in [0.2, 0.25) is 0 Å². The van der Waals surface area contributed by atoms with E-state index in [0.29, 0.717) is 12.5 Å². The molecule has 2 unspecified atom stereocenters. The first-order valence-electron chi connectivity index (χ1n) is 8.78. The molecule has 0 spiro atoms. The average molecular weight is 334 g/mol. The standard InChI is InChI=1S/C19H31NO2Si/c1-18(2,3)23(4,5)22-14-17-19(21)11-16(19)13-20(17)12-15-9-7-6-8-10-15/h6-10,16-17,21H,11-14H2,1-5H3/t16?,17-,19?/m1/s1. The Kier molecular flexibility index (Phi) is 4.24. The number of hydrogen-bond donors (Lipinski definition) is 1. The van der Waals surface area contributed by atoms with Crippen LogP contribution in [-0.2, 0) is 11.0 Å². The lowest BCUT2D eigenvalue weighted by atomic mass is 10.1. The molecule has 1 heterocycles. The first-order chi connectivity index (χ1) is 10.6. The molecule has 4 heteroatoms. The Labute approximate surface area is 141 Å². The SMILES string of the molecule is CC(C)(C)[Si](C)(C)OC[C@H]1N(Cc2ccccc2)CC2CC21O. The highest BCUT2D eigenvalue weighted by Gasteiger charge is 2.65. The minimum absolute atomic E-state index is 0.141. The van der Waals surface area contributed by atoms with Crippen molar-refractivity contribution >= 4 is 8.32 Å². The second-order valence-electron chi connectivity index (χ2n) is 8.89. The van der Waals surface area contributed by atoms with Crippen LogP contribution in [0.4, 0.5) is 0 Å². The van der Waals surface area contributed by atoms with Gasteiger partial charge in [-0.25, -0.2) is 0 Å². The number of rotatable bonds is 5. The summed E-state index contributed by atoms with van der Waals surface area (Å²) >= 11 is 0. The van der Waals surface area contributed by atoms with Crippen LogP contribution in [0.1, 0.15) is 32.8 Å². The number of hydrogen-bond acceptors (Lipinski definition) is 3. The molecule has 128 valence electrons. The molecule has 0 aromatic heterocycles. The van der Waals surface area contributed by atoms with Crippen LogP contribution in [0.5, 0.6) is 0 Å². The van der Waals surface area contributed by atoms with Crippen LogP contribution in [0.25, 0.3) is 0 Å². The molecule has 3 nitrogen and oxygen atoms in total. The van der Waals surface area contributed by atoms with Crippen molar-refractivity contribution < 1.29 is 9.53 Å². The summed E-state index contributed by atoms with van der Waals surface area (Å²) in [6, 6.07) is 10.7. The Hall–Kier alpha value is -0.683. The Bertz CT molecular complexity index is 554. The molecule has 1 aromatic rings. The molecule has 1 aliphatic carbocycles. The third kappa shape index (κ3) is 3.27. The van der Waals surface area contributed by atoms with Crippen molar-refractivity contribution in [2.24, 2.45) is 5.92 Å². The lowest BCUT2D eigenvalue weighted by molar-refractivity contribution is 0.0328. The number of fused-ring (bicyclic) bond motifs is 1. The van der Waals surface area contributed by atoms with Crippen LogP contribution in [0.15, 0.2) is 30.3 Å². The Morgan fingerprint density at radius 3 is 2.52 bits per heavy atom. The van der Waals surface area contributed by atoms with Crippen molar-refractivity contribution in [3.63, 3.8) is 0 Å². The highest BCUT2D eigenvalue weighted by Crippen LogP contribution is 2.54. The second-order valence-corrected chi connectivity index (χ2v) is 13.7. The summed E-state index contributed by atoms with van der Waals surface area (Å²) in [5.41, 5.74) is 0.812. The fraction of sp³-hybridized carbons (Fsp3) is 0.684. The van der Waals surface area contributed by atoms with Gasteiger partial charge in [0, 0.05) is 19.0 Å². The maximum atomic E-state index is 10.9. The minimum atomic E-state index is -1.78. The first-order valence-corrected chi connectivity index (χ1v) is 11.7. The zero-order valence-corrected chi connectivity index (χ0v) is 16.2. The van der Waals surface area contributed by atoms with Gasteiger partial charge >= 0.3 is 0 Å². The number of likely N-dealkylation sites (tertiary alicyclic amines) is 1. The summed E-state index contributed by atoms with van der Waals surface area (Å²) in [6.07, 6.45) is 0.948. The maximum Gasteiger partial charge on any atom is 0.192 e. The van der Waals surface area contributed by atoms with Crippen LogP contribution in [0.3, 0.4) is 0 Å². The zero-order valence-electron chi connectivity index (χ0n) is 15.2. The molecule has 0 amide bonds. The molecule has 2 aliphatic rings. The molecule has 1 saturated carbocycles. The molecule has 3 rings (SSSR count). The van der Waals surface area contributed by atoms with Gasteiger partial charge in [-0.3, -0.25) is 4.90 Å². The van der Waals surface area contributed by atoms with Crippen LogP contribution < -0.4 is 0 Å². The van der Waals surface area contributed by atoms with Gasteiger partial charge in [-0.05, 0) is 30.1 Å². The largest absolute Gasteiger partial charge is 0.415 e. The molecule has 1 N–H and O–H groups in total. The normalized spacial score (nSPS) is 31.2. The fourth-order valence-corrected chi connectivity index (χ4v) is 4.45. The van der Waals surface area contributed by atoms with Crippen molar-refractivity contribution in [1.29, 1.82) is 0 Å². The molecule has 2 fully saturated rings. The van der Waals surface area contributed by atoms with E-state index in [-0.39, 0.29) is 11.1 Å². The third-order valence-electron chi connectivity index (χ3n) is 6.23. The van der Waals surface area contributed by atoms with E-state index in [2.05, 4.69) is 69.1 Å². The number of nitrogens with zero attached hydrogens (tertiary/aromatic N) is 1. The zero-order chi connectivity index (χ0) is 16.9. The average Bonchev–Trinajstić information content (AvgIpc) is 3.02. The van der Waals surface area contributed by atoms with Gasteiger partial charge in [0.25, 0.3) is 0 Å². The van der Waals surface area contributed by atoms with Gasteiger partial charge in [-0.1, -0.05) is 51.1 Å². The highest BCUT2D eigenvalue weighted by molar-refractivity contribution is 6.74. The van der Waals surface area contributed by atoms with Crippen molar-refractivity contribution in [2.75, 3.05) is 13.2 Å². The molecular formula is C19H31NO2Si. The third-order valence-corrected chi connectivity index (χ3v) is 10.7. The predicted molar refractivity (Wildman–Crippen MR) is 96.8 cm³/mol. The van der Waals surface area contributed by atoms with E-state index in [1.54, 1.807) is 0 Å². The van der Waals surface area contributed by atoms with Gasteiger partial charge in [-0.2, -0.15) is 0 Å². The number of benzene rings is 1. The summed E-state index contributed by atoms with van der Waals surface area (Å²) in [6.45, 7) is 14.0. The monoisotopic (exact) mass is 333 g/mol. The molecule has 1 aliphatic heterocycles. The Morgan fingerprint density at radius 1 is 1.26 bits per heavy atom. The van der Waals surface area contributed by atoms with Gasteiger partial charge in [0.1, 0.15) is 0 Å². The van der Waals surface area contributed by atoms with E-state index in [1.165, 1.54) is 5.56 Å². The quantitative estimate of drug-likeness (QED) is 0.835. The van der Waals surface area contributed by atoms with Gasteiger partial charge in [0.05, 0.1) is 18.2 Å². The van der Waals surface area contributed by atoms with Crippen molar-refractivity contribution in [3.8, 4) is 0 Å². The molecule has 0 radical (unpaired) electrons. The van der Waals surface area contributed by atoms with Crippen LogP contribution in [0, 0.1) is 5.92 Å². The smallest absolute Gasteiger partial charge is 0.192 e. The Balaban J connectivity index is 1.68. The molecule has 0 bridgehead atoms. The minimum Gasteiger partial charge on any atom is -0.415 e. The molecule has 3 atom stereocenters. The van der Waals surface area contributed by atoms with Crippen LogP contribution in [-0.4, -0.2) is 43.1 Å². The topological polar surface area (TPSA) is 32.7 Å². The van der Waals surface area contributed by atoms with Crippen molar-refractivity contribution in [2.45, 2.75) is 63.5 Å². The maximum absolute atomic E-state index is 10.9. The van der Waals surface area contributed by atoms with Gasteiger partial charge in [0.15, 0.2) is 8.32 Å². The van der Waals surface area contributed by atoms with E-state index in [1.807, 2.05) is 0 Å². The van der Waals surface area contributed by atoms with E-state index < -0.39 is 13.9 Å². The van der Waals surface area contributed by atoms with Crippen molar-refractivity contribution in [1.82, 2.24) is 4.90 Å². The number of piperidine rings is 1. The van der Waals surface area contributed by atoms with Gasteiger partial charge in [-0.15, -0.1) is 0 Å². The summed E-state index contributed by atoms with van der Waals surface area (Å²) < 4.78 is 6.45. The lowest BCUT2D eigenvalue weighted by Gasteiger charge is -2.39. The highest BCUT2D eigenvalue weighted by atomic mass is 28.4. The molecule has 23 heavy (non-hydrogen) atoms. The van der Waals surface area contributed by atoms with E-state index in [4.69, 9.17) is 4.43 Å². The number of aliphatic hydroxyl groups is 1. The second kappa shape index (κ2) is 5.69. The van der Waals surface area contributed by atoms with E-state index >= 15 is 0 Å². The lowest BCUT2D eigenvalue weighted by Crippen LogP contribution is -2.48. The predicted octanol–water partition coefficient (Wildman–Crippen LogP) is 3.64. The fourth-order valence-electron chi connectivity index (χ4n) is 3.44.